The van der Waals surface area contributed by atoms with Crippen LogP contribution in [0.25, 0.3) is 0 Å². The number of nitrogens with two attached hydrogens (primary N) is 1. The fourth-order valence-corrected chi connectivity index (χ4v) is 2.93. The van der Waals surface area contributed by atoms with Crippen molar-refractivity contribution in [2.75, 3.05) is 40.0 Å². The summed E-state index contributed by atoms with van der Waals surface area (Å²) in [7, 11) is 1.79. The molecule has 1 aromatic rings. The van der Waals surface area contributed by atoms with Crippen molar-refractivity contribution in [2.24, 2.45) is 11.7 Å². The molecule has 0 bridgehead atoms. The first-order chi connectivity index (χ1) is 10.3. The minimum atomic E-state index is 0.581. The van der Waals surface area contributed by atoms with Gasteiger partial charge in [0.15, 0.2) is 0 Å². The number of hydrogen-bond donors (Lipinski definition) is 1. The molecule has 1 aliphatic heterocycles. The van der Waals surface area contributed by atoms with E-state index in [-0.39, 0.29) is 0 Å². The normalized spacial score (nSPS) is 19.6. The average Bonchev–Trinajstić information content (AvgIpc) is 2.53. The van der Waals surface area contributed by atoms with Gasteiger partial charge in [-0.3, -0.25) is 0 Å². The van der Waals surface area contributed by atoms with E-state index in [1.54, 1.807) is 7.11 Å². The molecule has 2 N–H and O–H groups in total. The van der Waals surface area contributed by atoms with E-state index < -0.39 is 0 Å². The molecule has 4 heteroatoms. The Morgan fingerprint density at radius 3 is 2.81 bits per heavy atom. The molecular weight excluding hydrogens is 264 g/mol. The first kappa shape index (κ1) is 16.3. The maximum absolute atomic E-state index is 5.78. The van der Waals surface area contributed by atoms with Crippen molar-refractivity contribution in [3.8, 4) is 5.75 Å². The smallest absolute Gasteiger partial charge is 0.119 e. The lowest BCUT2D eigenvalue weighted by atomic mass is 9.99. The van der Waals surface area contributed by atoms with E-state index >= 15 is 0 Å². The van der Waals surface area contributed by atoms with Gasteiger partial charge in [0.1, 0.15) is 5.75 Å². The van der Waals surface area contributed by atoms with Crippen molar-refractivity contribution in [1.82, 2.24) is 4.90 Å². The number of likely N-dealkylation sites (tertiary alicyclic amines) is 1. The maximum atomic E-state index is 5.78. The Labute approximate surface area is 128 Å². The fraction of sp³-hybridized carbons (Fsp3) is 0.647. The first-order valence-electron chi connectivity index (χ1n) is 7.95. The van der Waals surface area contributed by atoms with Crippen LogP contribution < -0.4 is 10.5 Å². The second-order valence-corrected chi connectivity index (χ2v) is 5.81. The molecule has 1 saturated heterocycles. The van der Waals surface area contributed by atoms with Gasteiger partial charge < -0.3 is 20.1 Å². The molecule has 0 saturated carbocycles. The molecule has 0 spiro atoms. The van der Waals surface area contributed by atoms with Crippen LogP contribution in [0.1, 0.15) is 24.8 Å². The molecule has 1 aromatic carbocycles. The van der Waals surface area contributed by atoms with E-state index in [1.807, 2.05) is 24.3 Å². The minimum absolute atomic E-state index is 0.581. The lowest BCUT2D eigenvalue weighted by Crippen LogP contribution is -2.38. The highest BCUT2D eigenvalue weighted by Crippen LogP contribution is 2.17. The zero-order chi connectivity index (χ0) is 14.9. The maximum Gasteiger partial charge on any atom is 0.119 e. The van der Waals surface area contributed by atoms with Crippen molar-refractivity contribution in [3.63, 3.8) is 0 Å². The van der Waals surface area contributed by atoms with Gasteiger partial charge in [0.2, 0.25) is 0 Å². The van der Waals surface area contributed by atoms with Gasteiger partial charge in [-0.2, -0.15) is 0 Å². The number of ether oxygens (including phenoxy) is 2. The second-order valence-electron chi connectivity index (χ2n) is 5.81. The minimum Gasteiger partial charge on any atom is -0.494 e. The van der Waals surface area contributed by atoms with Gasteiger partial charge in [0, 0.05) is 26.7 Å². The number of nitrogens with zero attached hydrogens (tertiary/aromatic N) is 1. The quantitative estimate of drug-likeness (QED) is 0.747. The summed E-state index contributed by atoms with van der Waals surface area (Å²) >= 11 is 0. The number of hydrogen-bond acceptors (Lipinski definition) is 4. The Morgan fingerprint density at radius 1 is 1.29 bits per heavy atom. The topological polar surface area (TPSA) is 47.7 Å². The molecule has 1 fully saturated rings. The third kappa shape index (κ3) is 5.65. The van der Waals surface area contributed by atoms with Crippen molar-refractivity contribution >= 4 is 0 Å². The third-order valence-electron chi connectivity index (χ3n) is 4.05. The Kier molecular flexibility index (Phi) is 7.00. The molecule has 0 radical (unpaired) electrons. The van der Waals surface area contributed by atoms with Crippen LogP contribution in [0.2, 0.25) is 0 Å². The standard InChI is InChI=1S/C17H28N2O2/c1-20-14-16-4-2-9-19(13-16)10-3-11-21-17-7-5-15(12-18)6-8-17/h5-8,16H,2-4,9-14,18H2,1H3. The highest BCUT2D eigenvalue weighted by Gasteiger charge is 2.19. The molecule has 1 heterocycles. The summed E-state index contributed by atoms with van der Waals surface area (Å²) in [5, 5.41) is 0. The van der Waals surface area contributed by atoms with Gasteiger partial charge in [-0.1, -0.05) is 12.1 Å². The first-order valence-corrected chi connectivity index (χ1v) is 7.95. The van der Waals surface area contributed by atoms with Crippen LogP contribution in [0.3, 0.4) is 0 Å². The van der Waals surface area contributed by atoms with E-state index in [2.05, 4.69) is 4.90 Å². The number of methoxy groups -OCH3 is 1. The van der Waals surface area contributed by atoms with Gasteiger partial charge in [0.05, 0.1) is 13.2 Å². The Bertz CT molecular complexity index is 392. The summed E-state index contributed by atoms with van der Waals surface area (Å²) in [5.74, 6) is 1.64. The number of piperidine rings is 1. The average molecular weight is 292 g/mol. The Morgan fingerprint density at radius 2 is 2.10 bits per heavy atom. The van der Waals surface area contributed by atoms with Gasteiger partial charge in [-0.15, -0.1) is 0 Å². The van der Waals surface area contributed by atoms with Crippen LogP contribution >= 0.6 is 0 Å². The predicted octanol–water partition coefficient (Wildman–Crippen LogP) is 2.27. The van der Waals surface area contributed by atoms with Gasteiger partial charge in [-0.05, 0) is 49.4 Å². The van der Waals surface area contributed by atoms with Crippen LogP contribution in [-0.2, 0) is 11.3 Å². The highest BCUT2D eigenvalue weighted by atomic mass is 16.5. The fourth-order valence-electron chi connectivity index (χ4n) is 2.93. The van der Waals surface area contributed by atoms with Crippen molar-refractivity contribution in [3.05, 3.63) is 29.8 Å². The van der Waals surface area contributed by atoms with Gasteiger partial charge in [-0.25, -0.2) is 0 Å². The van der Waals surface area contributed by atoms with E-state index in [4.69, 9.17) is 15.2 Å². The molecule has 118 valence electrons. The summed E-state index contributed by atoms with van der Waals surface area (Å²) in [6.45, 7) is 5.73. The number of benzene rings is 1. The molecule has 4 nitrogen and oxygen atoms in total. The van der Waals surface area contributed by atoms with Crippen LogP contribution in [-0.4, -0.2) is 44.9 Å². The molecule has 21 heavy (non-hydrogen) atoms. The zero-order valence-electron chi connectivity index (χ0n) is 13.1. The van der Waals surface area contributed by atoms with Crippen LogP contribution in [0, 0.1) is 5.92 Å². The molecular formula is C17H28N2O2. The highest BCUT2D eigenvalue weighted by molar-refractivity contribution is 5.26. The van der Waals surface area contributed by atoms with Crippen LogP contribution in [0.5, 0.6) is 5.75 Å². The van der Waals surface area contributed by atoms with Gasteiger partial charge in [0.25, 0.3) is 0 Å². The van der Waals surface area contributed by atoms with Crippen molar-refractivity contribution < 1.29 is 9.47 Å². The third-order valence-corrected chi connectivity index (χ3v) is 4.05. The lowest BCUT2D eigenvalue weighted by Gasteiger charge is -2.32. The predicted molar refractivity (Wildman–Crippen MR) is 85.5 cm³/mol. The van der Waals surface area contributed by atoms with Crippen LogP contribution in [0.15, 0.2) is 24.3 Å². The molecule has 0 aromatic heterocycles. The largest absolute Gasteiger partial charge is 0.494 e. The number of rotatable bonds is 8. The van der Waals surface area contributed by atoms with Gasteiger partial charge >= 0.3 is 0 Å². The molecule has 1 atom stereocenters. The van der Waals surface area contributed by atoms with Crippen molar-refractivity contribution in [2.45, 2.75) is 25.8 Å². The zero-order valence-corrected chi connectivity index (χ0v) is 13.1. The van der Waals surface area contributed by atoms with E-state index in [1.165, 1.54) is 25.9 Å². The molecule has 1 aliphatic rings. The Balaban J connectivity index is 1.62. The van der Waals surface area contributed by atoms with Crippen LogP contribution in [0.4, 0.5) is 0 Å². The molecule has 2 rings (SSSR count). The lowest BCUT2D eigenvalue weighted by molar-refractivity contribution is 0.0879. The second kappa shape index (κ2) is 9.03. The molecule has 0 amide bonds. The summed E-state index contributed by atoms with van der Waals surface area (Å²) in [6, 6.07) is 8.04. The SMILES string of the molecule is COCC1CCCN(CCCOc2ccc(CN)cc2)C1. The van der Waals surface area contributed by atoms with Crippen molar-refractivity contribution in [1.29, 1.82) is 0 Å². The summed E-state index contributed by atoms with van der Waals surface area (Å²) in [6.07, 6.45) is 3.65. The summed E-state index contributed by atoms with van der Waals surface area (Å²) in [4.78, 5) is 2.54. The van der Waals surface area contributed by atoms with E-state index in [0.29, 0.717) is 12.5 Å². The molecule has 0 aliphatic carbocycles. The summed E-state index contributed by atoms with van der Waals surface area (Å²) in [5.41, 5.74) is 6.72. The monoisotopic (exact) mass is 292 g/mol. The molecule has 1 unspecified atom stereocenters. The van der Waals surface area contributed by atoms with E-state index in [9.17, 15) is 0 Å². The van der Waals surface area contributed by atoms with E-state index in [0.717, 1.165) is 37.5 Å². The summed E-state index contributed by atoms with van der Waals surface area (Å²) < 4.78 is 11.1. The Hall–Kier alpha value is -1.10.